The van der Waals surface area contributed by atoms with Gasteiger partial charge in [-0.05, 0) is 57.3 Å². The van der Waals surface area contributed by atoms with E-state index in [-0.39, 0.29) is 16.5 Å². The van der Waals surface area contributed by atoms with Crippen LogP contribution >= 0.6 is 0 Å². The van der Waals surface area contributed by atoms with E-state index in [4.69, 9.17) is 0 Å². The molecule has 0 fully saturated rings. The van der Waals surface area contributed by atoms with E-state index in [9.17, 15) is 0 Å². The van der Waals surface area contributed by atoms with Crippen LogP contribution in [0.3, 0.4) is 0 Å². The van der Waals surface area contributed by atoms with Crippen LogP contribution in [0.4, 0.5) is 0 Å². The van der Waals surface area contributed by atoms with Gasteiger partial charge >= 0.3 is 0 Å². The molecule has 1 unspecified atom stereocenters. The van der Waals surface area contributed by atoms with E-state index in [0.29, 0.717) is 5.41 Å². The Morgan fingerprint density at radius 2 is 1.26 bits per heavy atom. The van der Waals surface area contributed by atoms with E-state index in [2.05, 4.69) is 81.5 Å². The second kappa shape index (κ2) is 9.44. The Balaban J connectivity index is 0. The first kappa shape index (κ1) is 25.2. The summed E-state index contributed by atoms with van der Waals surface area (Å²) in [4.78, 5) is 0. The fourth-order valence-corrected chi connectivity index (χ4v) is 3.46. The zero-order valence-electron chi connectivity index (χ0n) is 18.9. The monoisotopic (exact) mass is 327 g/mol. The fraction of sp³-hybridized carbons (Fsp3) is 1.00. The maximum Gasteiger partial charge on any atom is 0.0181 e. The van der Waals surface area contributed by atoms with Crippen molar-refractivity contribution in [2.24, 2.45) is 16.7 Å². The highest BCUT2D eigenvalue weighted by Crippen LogP contribution is 2.46. The summed E-state index contributed by atoms with van der Waals surface area (Å²) >= 11 is 0. The van der Waals surface area contributed by atoms with E-state index in [1.165, 1.54) is 19.3 Å². The van der Waals surface area contributed by atoms with Crippen molar-refractivity contribution in [2.75, 3.05) is 0 Å². The van der Waals surface area contributed by atoms with Gasteiger partial charge in [0.1, 0.15) is 0 Å². The Labute approximate surface area is 149 Å². The molecule has 0 heterocycles. The molecule has 0 aromatic carbocycles. The number of hydrogen-bond donors (Lipinski definition) is 1. The maximum absolute atomic E-state index is 3.92. The molecule has 1 N–H and O–H groups in total. The van der Waals surface area contributed by atoms with Crippen LogP contribution in [-0.2, 0) is 0 Å². The molecule has 142 valence electrons. The highest BCUT2D eigenvalue weighted by atomic mass is 15.0. The molecule has 0 aromatic rings. The van der Waals surface area contributed by atoms with Crippen LogP contribution in [0.15, 0.2) is 0 Å². The first-order chi connectivity index (χ1) is 10.2. The zero-order valence-corrected chi connectivity index (χ0v) is 18.9. The maximum atomic E-state index is 3.92. The van der Waals surface area contributed by atoms with Crippen LogP contribution in [0.5, 0.6) is 0 Å². The molecule has 0 aromatic heterocycles. The Morgan fingerprint density at radius 1 is 0.826 bits per heavy atom. The van der Waals surface area contributed by atoms with E-state index >= 15 is 0 Å². The van der Waals surface area contributed by atoms with Crippen molar-refractivity contribution in [1.29, 1.82) is 0 Å². The third kappa shape index (κ3) is 8.05. The number of rotatable bonds is 9. The average Bonchev–Trinajstić information content (AvgIpc) is 2.38. The fourth-order valence-electron chi connectivity index (χ4n) is 3.46. The van der Waals surface area contributed by atoms with Crippen molar-refractivity contribution >= 4 is 0 Å². The van der Waals surface area contributed by atoms with Crippen molar-refractivity contribution in [2.45, 2.75) is 127 Å². The van der Waals surface area contributed by atoms with Gasteiger partial charge in [-0.3, -0.25) is 0 Å². The predicted octanol–water partition coefficient (Wildman–Crippen LogP) is 7.45. The second-order valence-corrected chi connectivity index (χ2v) is 9.73. The minimum absolute atomic E-state index is 0.121. The Hall–Kier alpha value is -0.0400. The molecule has 0 radical (unpaired) electrons. The first-order valence-electron chi connectivity index (χ1n) is 10.00. The van der Waals surface area contributed by atoms with Crippen molar-refractivity contribution < 1.29 is 0 Å². The Morgan fingerprint density at radius 3 is 1.61 bits per heavy atom. The lowest BCUT2D eigenvalue weighted by Gasteiger charge is -2.51. The Bertz CT molecular complexity index is 310. The third-order valence-corrected chi connectivity index (χ3v) is 6.18. The summed E-state index contributed by atoms with van der Waals surface area (Å²) in [6.45, 7) is 30.2. The summed E-state index contributed by atoms with van der Waals surface area (Å²) in [5.74, 6) is 0.775. The summed E-state index contributed by atoms with van der Waals surface area (Å²) in [6, 6.07) is 0. The predicted molar refractivity (Wildman–Crippen MR) is 109 cm³/mol. The first-order valence-corrected chi connectivity index (χ1v) is 10.00. The lowest BCUT2D eigenvalue weighted by atomic mass is 9.61. The van der Waals surface area contributed by atoms with Gasteiger partial charge in [0.2, 0.25) is 0 Å². The minimum Gasteiger partial charge on any atom is -0.306 e. The van der Waals surface area contributed by atoms with Gasteiger partial charge in [-0.25, -0.2) is 0 Å². The molecule has 0 bridgehead atoms. The van der Waals surface area contributed by atoms with Crippen LogP contribution in [-0.4, -0.2) is 11.1 Å². The number of nitrogens with one attached hydrogen (secondary N) is 1. The van der Waals surface area contributed by atoms with E-state index in [1.54, 1.807) is 0 Å². The lowest BCUT2D eigenvalue weighted by molar-refractivity contribution is 0.0398. The minimum atomic E-state index is 0.121. The standard InChI is InChI=1S/C20H43N.C2H6/c1-12-14-16(3)17(4,5)15-18(6,7)20(10,11)21-19(8,9)13-2;1-2/h16,21H,12-15H2,1-11H3;1-2H3. The quantitative estimate of drug-likeness (QED) is 0.463. The van der Waals surface area contributed by atoms with E-state index < -0.39 is 0 Å². The van der Waals surface area contributed by atoms with Gasteiger partial charge in [-0.2, -0.15) is 0 Å². The lowest BCUT2D eigenvalue weighted by Crippen LogP contribution is -2.59. The van der Waals surface area contributed by atoms with Gasteiger partial charge in [-0.15, -0.1) is 0 Å². The molecule has 0 amide bonds. The van der Waals surface area contributed by atoms with Crippen LogP contribution in [0.25, 0.3) is 0 Å². The third-order valence-electron chi connectivity index (χ3n) is 6.18. The molecule has 0 aliphatic rings. The zero-order chi connectivity index (χ0) is 19.1. The van der Waals surface area contributed by atoms with Crippen LogP contribution in [0, 0.1) is 16.7 Å². The van der Waals surface area contributed by atoms with Gasteiger partial charge in [0, 0.05) is 11.1 Å². The number of hydrogen-bond acceptors (Lipinski definition) is 1. The summed E-state index contributed by atoms with van der Waals surface area (Å²) in [6.07, 6.45) is 5.02. The van der Waals surface area contributed by atoms with Gasteiger partial charge in [0.25, 0.3) is 0 Å². The van der Waals surface area contributed by atoms with Crippen molar-refractivity contribution in [3.05, 3.63) is 0 Å². The molecular formula is C22H49N. The van der Waals surface area contributed by atoms with E-state index in [0.717, 1.165) is 12.3 Å². The van der Waals surface area contributed by atoms with Crippen molar-refractivity contribution in [1.82, 2.24) is 5.32 Å². The normalized spacial score (nSPS) is 15.0. The summed E-state index contributed by atoms with van der Waals surface area (Å²) < 4.78 is 0. The topological polar surface area (TPSA) is 12.0 Å². The van der Waals surface area contributed by atoms with Crippen LogP contribution in [0.2, 0.25) is 0 Å². The molecule has 0 aliphatic carbocycles. The molecular weight excluding hydrogens is 278 g/mol. The average molecular weight is 328 g/mol. The molecule has 0 rings (SSSR count). The van der Waals surface area contributed by atoms with E-state index in [1.807, 2.05) is 13.8 Å². The van der Waals surface area contributed by atoms with Crippen molar-refractivity contribution in [3.8, 4) is 0 Å². The summed E-state index contributed by atoms with van der Waals surface area (Å²) in [5.41, 5.74) is 0.954. The highest BCUT2D eigenvalue weighted by molar-refractivity contribution is 5.00. The Kier molecular flexibility index (Phi) is 10.3. The highest BCUT2D eigenvalue weighted by Gasteiger charge is 2.43. The van der Waals surface area contributed by atoms with Crippen LogP contribution in [0.1, 0.15) is 116 Å². The molecule has 1 atom stereocenters. The summed E-state index contributed by atoms with van der Waals surface area (Å²) in [7, 11) is 0. The SMILES string of the molecule is CC.CCCC(C)C(C)(C)CC(C)(C)C(C)(C)NC(C)(C)CC. The molecule has 0 spiro atoms. The molecule has 0 saturated heterocycles. The second-order valence-electron chi connectivity index (χ2n) is 9.73. The largest absolute Gasteiger partial charge is 0.306 e. The van der Waals surface area contributed by atoms with Crippen molar-refractivity contribution in [3.63, 3.8) is 0 Å². The molecule has 23 heavy (non-hydrogen) atoms. The summed E-state index contributed by atoms with van der Waals surface area (Å²) in [5, 5.41) is 3.92. The van der Waals surface area contributed by atoms with Gasteiger partial charge in [-0.1, -0.05) is 75.2 Å². The van der Waals surface area contributed by atoms with Crippen LogP contribution < -0.4 is 5.32 Å². The smallest absolute Gasteiger partial charge is 0.0181 e. The van der Waals surface area contributed by atoms with Gasteiger partial charge < -0.3 is 5.32 Å². The van der Waals surface area contributed by atoms with Gasteiger partial charge in [0.05, 0.1) is 0 Å². The molecule has 1 nitrogen and oxygen atoms in total. The van der Waals surface area contributed by atoms with Gasteiger partial charge in [0.15, 0.2) is 0 Å². The molecule has 1 heteroatoms. The molecule has 0 aliphatic heterocycles. The molecule has 0 saturated carbocycles.